The van der Waals surface area contributed by atoms with Crippen LogP contribution in [0.5, 0.6) is 0 Å². The molecule has 0 bridgehead atoms. The first-order valence-electron chi connectivity index (χ1n) is 9.06. The highest BCUT2D eigenvalue weighted by Crippen LogP contribution is 2.16. The van der Waals surface area contributed by atoms with Gasteiger partial charge in [-0.3, -0.25) is 10.2 Å². The summed E-state index contributed by atoms with van der Waals surface area (Å²) in [5, 5.41) is 5.68. The lowest BCUT2D eigenvalue weighted by molar-refractivity contribution is 0.251. The van der Waals surface area contributed by atoms with Gasteiger partial charge in [-0.15, -0.1) is 0 Å². The Morgan fingerprint density at radius 2 is 1.68 bits per heavy atom. The number of amides is 2. The van der Waals surface area contributed by atoms with Gasteiger partial charge in [0.05, 0.1) is 0 Å². The minimum Gasteiger partial charge on any atom is -0.334 e. The molecule has 0 atom stereocenters. The molecule has 0 radical (unpaired) electrons. The normalized spacial score (nSPS) is 15.4. The van der Waals surface area contributed by atoms with E-state index in [9.17, 15) is 4.79 Å². The van der Waals surface area contributed by atoms with Gasteiger partial charge in [-0.25, -0.2) is 9.78 Å². The van der Waals surface area contributed by atoms with Gasteiger partial charge in [0, 0.05) is 19.3 Å². The second-order valence-corrected chi connectivity index (χ2v) is 6.48. The molecule has 5 nitrogen and oxygen atoms in total. The molecular weight excluding hydrogens is 312 g/mol. The predicted octanol–water partition coefficient (Wildman–Crippen LogP) is 3.78. The van der Waals surface area contributed by atoms with Crippen molar-refractivity contribution < 1.29 is 4.79 Å². The lowest BCUT2D eigenvalue weighted by Crippen LogP contribution is -2.30. The van der Waals surface area contributed by atoms with E-state index in [4.69, 9.17) is 0 Å². The average Bonchev–Trinajstić information content (AvgIpc) is 2.90. The third-order valence-corrected chi connectivity index (χ3v) is 4.56. The fourth-order valence-corrected chi connectivity index (χ4v) is 3.19. The van der Waals surface area contributed by atoms with Crippen molar-refractivity contribution in [1.82, 2.24) is 15.2 Å². The van der Waals surface area contributed by atoms with E-state index in [1.54, 1.807) is 12.3 Å². The third kappa shape index (κ3) is 5.57. The zero-order valence-electron chi connectivity index (χ0n) is 14.6. The largest absolute Gasteiger partial charge is 0.334 e. The molecule has 0 saturated carbocycles. The number of urea groups is 1. The summed E-state index contributed by atoms with van der Waals surface area (Å²) >= 11 is 0. The minimum absolute atomic E-state index is 0.233. The van der Waals surface area contributed by atoms with Crippen LogP contribution in [0.15, 0.2) is 48.7 Å². The molecule has 132 valence electrons. The van der Waals surface area contributed by atoms with Crippen LogP contribution < -0.4 is 10.6 Å². The number of hydrogen-bond donors (Lipinski definition) is 2. The molecule has 1 aromatic heterocycles. The Balaban J connectivity index is 1.56. The Kier molecular flexibility index (Phi) is 6.40. The molecule has 0 spiro atoms. The number of carbonyl (C=O) groups excluding carboxylic acids is 1. The van der Waals surface area contributed by atoms with Crippen LogP contribution in [0.3, 0.4) is 0 Å². The number of rotatable bonds is 5. The summed E-state index contributed by atoms with van der Waals surface area (Å²) in [4.78, 5) is 18.7. The van der Waals surface area contributed by atoms with Crippen molar-refractivity contribution in [2.75, 3.05) is 18.4 Å². The zero-order chi connectivity index (χ0) is 17.3. The maximum absolute atomic E-state index is 12.1. The van der Waals surface area contributed by atoms with Gasteiger partial charge in [-0.05, 0) is 49.2 Å². The molecule has 1 aromatic carbocycles. The Labute approximate surface area is 149 Å². The van der Waals surface area contributed by atoms with E-state index in [1.165, 1.54) is 49.9 Å². The number of anilines is 1. The van der Waals surface area contributed by atoms with Crippen LogP contribution in [-0.4, -0.2) is 29.0 Å². The van der Waals surface area contributed by atoms with E-state index >= 15 is 0 Å². The lowest BCUT2D eigenvalue weighted by atomic mass is 10.1. The Morgan fingerprint density at radius 1 is 0.960 bits per heavy atom. The van der Waals surface area contributed by atoms with Crippen LogP contribution in [-0.2, 0) is 13.1 Å². The Hall–Kier alpha value is -2.40. The van der Waals surface area contributed by atoms with Crippen molar-refractivity contribution in [2.45, 2.75) is 38.8 Å². The second-order valence-electron chi connectivity index (χ2n) is 6.48. The highest BCUT2D eigenvalue weighted by Gasteiger charge is 2.12. The van der Waals surface area contributed by atoms with Gasteiger partial charge in [-0.2, -0.15) is 0 Å². The van der Waals surface area contributed by atoms with E-state index < -0.39 is 0 Å². The molecule has 25 heavy (non-hydrogen) atoms. The molecule has 2 heterocycles. The highest BCUT2D eigenvalue weighted by molar-refractivity contribution is 5.88. The summed E-state index contributed by atoms with van der Waals surface area (Å²) in [6.45, 7) is 3.81. The Morgan fingerprint density at radius 3 is 2.40 bits per heavy atom. The van der Waals surface area contributed by atoms with E-state index in [2.05, 4.69) is 38.7 Å². The van der Waals surface area contributed by atoms with Gasteiger partial charge in [0.1, 0.15) is 5.82 Å². The van der Waals surface area contributed by atoms with E-state index in [-0.39, 0.29) is 6.03 Å². The minimum atomic E-state index is -0.233. The standard InChI is InChI=1S/C20H26N4O/c25-20(23-19-11-5-6-12-21-19)22-15-17-9-3-4-10-18(17)16-24-13-7-1-2-8-14-24/h3-6,9-12H,1-2,7-8,13-16H2,(H2,21,22,23,25). The number of hydrogen-bond acceptors (Lipinski definition) is 3. The van der Waals surface area contributed by atoms with Gasteiger partial charge in [0.25, 0.3) is 0 Å². The summed E-state index contributed by atoms with van der Waals surface area (Å²) in [7, 11) is 0. The molecule has 1 saturated heterocycles. The van der Waals surface area contributed by atoms with Gasteiger partial charge >= 0.3 is 6.03 Å². The van der Waals surface area contributed by atoms with Crippen LogP contribution in [0.4, 0.5) is 10.6 Å². The van der Waals surface area contributed by atoms with Crippen molar-refractivity contribution >= 4 is 11.8 Å². The molecule has 5 heteroatoms. The second kappa shape index (κ2) is 9.18. The maximum Gasteiger partial charge on any atom is 0.320 e. The first kappa shape index (κ1) is 17.4. The van der Waals surface area contributed by atoms with Crippen LogP contribution in [0.1, 0.15) is 36.8 Å². The average molecular weight is 338 g/mol. The van der Waals surface area contributed by atoms with Crippen LogP contribution in [0, 0.1) is 0 Å². The summed E-state index contributed by atoms with van der Waals surface area (Å²) < 4.78 is 0. The van der Waals surface area contributed by atoms with E-state index in [0.717, 1.165) is 6.54 Å². The number of nitrogens with zero attached hydrogens (tertiary/aromatic N) is 2. The number of carbonyl (C=O) groups is 1. The topological polar surface area (TPSA) is 57.3 Å². The van der Waals surface area contributed by atoms with Gasteiger partial charge in [0.2, 0.25) is 0 Å². The number of likely N-dealkylation sites (tertiary alicyclic amines) is 1. The molecule has 2 aromatic rings. The number of pyridine rings is 1. The summed E-state index contributed by atoms with van der Waals surface area (Å²) in [6, 6.07) is 13.6. The van der Waals surface area contributed by atoms with Crippen molar-refractivity contribution in [3.05, 3.63) is 59.8 Å². The number of nitrogens with one attached hydrogen (secondary N) is 2. The number of benzene rings is 1. The fourth-order valence-electron chi connectivity index (χ4n) is 3.19. The quantitative estimate of drug-likeness (QED) is 0.872. The van der Waals surface area contributed by atoms with Gasteiger partial charge < -0.3 is 5.32 Å². The first-order chi connectivity index (χ1) is 12.3. The number of aromatic nitrogens is 1. The summed E-state index contributed by atoms with van der Waals surface area (Å²) in [5.74, 6) is 0.554. The SMILES string of the molecule is O=C(NCc1ccccc1CN1CCCCCC1)Nc1ccccn1. The molecule has 1 aliphatic rings. The highest BCUT2D eigenvalue weighted by atomic mass is 16.2. The van der Waals surface area contributed by atoms with E-state index in [0.29, 0.717) is 12.4 Å². The van der Waals surface area contributed by atoms with Crippen LogP contribution in [0.2, 0.25) is 0 Å². The summed E-state index contributed by atoms with van der Waals surface area (Å²) in [5.41, 5.74) is 2.46. The van der Waals surface area contributed by atoms with Crippen LogP contribution >= 0.6 is 0 Å². The van der Waals surface area contributed by atoms with Gasteiger partial charge in [0.15, 0.2) is 0 Å². The monoisotopic (exact) mass is 338 g/mol. The molecular formula is C20H26N4O. The van der Waals surface area contributed by atoms with Crippen LogP contribution in [0.25, 0.3) is 0 Å². The molecule has 0 unspecified atom stereocenters. The molecule has 2 amide bonds. The van der Waals surface area contributed by atoms with Crippen molar-refractivity contribution in [2.24, 2.45) is 0 Å². The molecule has 0 aliphatic carbocycles. The van der Waals surface area contributed by atoms with Crippen molar-refractivity contribution in [1.29, 1.82) is 0 Å². The van der Waals surface area contributed by atoms with E-state index in [1.807, 2.05) is 18.2 Å². The zero-order valence-corrected chi connectivity index (χ0v) is 14.6. The smallest absolute Gasteiger partial charge is 0.320 e. The predicted molar refractivity (Wildman–Crippen MR) is 100 cm³/mol. The van der Waals surface area contributed by atoms with Crippen molar-refractivity contribution in [3.8, 4) is 0 Å². The molecule has 1 aliphatic heterocycles. The lowest BCUT2D eigenvalue weighted by Gasteiger charge is -2.21. The molecule has 3 rings (SSSR count). The molecule has 2 N–H and O–H groups in total. The fraction of sp³-hybridized carbons (Fsp3) is 0.400. The maximum atomic E-state index is 12.1. The molecule has 1 fully saturated rings. The third-order valence-electron chi connectivity index (χ3n) is 4.56. The van der Waals surface area contributed by atoms with Gasteiger partial charge in [-0.1, -0.05) is 43.2 Å². The first-order valence-corrected chi connectivity index (χ1v) is 9.06. The Bertz CT molecular complexity index is 666. The summed E-state index contributed by atoms with van der Waals surface area (Å²) in [6.07, 6.45) is 6.91. The van der Waals surface area contributed by atoms with Crippen molar-refractivity contribution in [3.63, 3.8) is 0 Å².